The summed E-state index contributed by atoms with van der Waals surface area (Å²) in [5.74, 6) is 1.54. The van der Waals surface area contributed by atoms with Crippen LogP contribution < -0.4 is 16.0 Å². The van der Waals surface area contributed by atoms with Crippen molar-refractivity contribution in [3.05, 3.63) is 59.8 Å². The van der Waals surface area contributed by atoms with Crippen LogP contribution >= 0.6 is 0 Å². The fraction of sp³-hybridized carbons (Fsp3) is 0.350. The first-order chi connectivity index (χ1) is 12.6. The fourth-order valence-electron chi connectivity index (χ4n) is 2.41. The van der Waals surface area contributed by atoms with Crippen LogP contribution in [0.1, 0.15) is 30.4 Å². The molecule has 0 saturated heterocycles. The molecule has 1 atom stereocenters. The maximum absolute atomic E-state index is 12.0. The first-order valence-corrected chi connectivity index (χ1v) is 8.80. The van der Waals surface area contributed by atoms with E-state index >= 15 is 0 Å². The summed E-state index contributed by atoms with van der Waals surface area (Å²) in [5, 5.41) is 9.23. The van der Waals surface area contributed by atoms with Crippen molar-refractivity contribution >= 4 is 17.7 Å². The zero-order valence-corrected chi connectivity index (χ0v) is 15.6. The Morgan fingerprint density at radius 2 is 1.92 bits per heavy atom. The molecule has 2 rings (SSSR count). The molecule has 1 unspecified atom stereocenters. The molecule has 1 heterocycles. The van der Waals surface area contributed by atoms with Gasteiger partial charge in [0, 0.05) is 32.8 Å². The molecule has 1 aromatic heterocycles. The topological polar surface area (TPSA) is 78.4 Å². The first-order valence-electron chi connectivity index (χ1n) is 8.80. The predicted octanol–water partition coefficient (Wildman–Crippen LogP) is 2.69. The number of hydrogen-bond donors (Lipinski definition) is 3. The highest BCUT2D eigenvalue weighted by molar-refractivity contribution is 5.90. The molecular weight excluding hydrogens is 326 g/mol. The van der Waals surface area contributed by atoms with Crippen molar-refractivity contribution < 1.29 is 4.79 Å². The van der Waals surface area contributed by atoms with E-state index in [4.69, 9.17) is 0 Å². The van der Waals surface area contributed by atoms with Crippen molar-refractivity contribution in [1.82, 2.24) is 15.6 Å². The number of carbonyl (C=O) groups excluding carboxylic acids is 1. The number of aryl methyl sites for hydroxylation is 1. The summed E-state index contributed by atoms with van der Waals surface area (Å²) in [6, 6.07) is 14.0. The Hall–Kier alpha value is -2.89. The second kappa shape index (κ2) is 10.2. The number of carbonyl (C=O) groups is 1. The molecule has 0 aliphatic rings. The van der Waals surface area contributed by atoms with Crippen molar-refractivity contribution in [2.24, 2.45) is 4.99 Å². The fourth-order valence-corrected chi connectivity index (χ4v) is 2.41. The van der Waals surface area contributed by atoms with Crippen molar-refractivity contribution in [3.8, 4) is 0 Å². The van der Waals surface area contributed by atoms with E-state index in [0.29, 0.717) is 30.7 Å². The predicted molar refractivity (Wildman–Crippen MR) is 106 cm³/mol. The van der Waals surface area contributed by atoms with E-state index in [1.54, 1.807) is 19.3 Å². The molecule has 0 spiro atoms. The van der Waals surface area contributed by atoms with Gasteiger partial charge in [0.15, 0.2) is 5.96 Å². The number of rotatable bonds is 7. The van der Waals surface area contributed by atoms with Crippen molar-refractivity contribution in [2.45, 2.75) is 26.2 Å². The quantitative estimate of drug-likeness (QED) is 0.528. The molecule has 3 N–H and O–H groups in total. The molecule has 1 aromatic carbocycles. The highest BCUT2D eigenvalue weighted by Gasteiger charge is 2.07. The van der Waals surface area contributed by atoms with Gasteiger partial charge in [-0.1, -0.05) is 43.3 Å². The Labute approximate surface area is 155 Å². The number of aromatic nitrogens is 1. The minimum absolute atomic E-state index is 0.0815. The lowest BCUT2D eigenvalue weighted by atomic mass is 10.0. The zero-order valence-electron chi connectivity index (χ0n) is 15.6. The van der Waals surface area contributed by atoms with Crippen LogP contribution in [0.5, 0.6) is 0 Å². The van der Waals surface area contributed by atoms with Gasteiger partial charge in [-0.15, -0.1) is 0 Å². The Morgan fingerprint density at radius 3 is 2.58 bits per heavy atom. The van der Waals surface area contributed by atoms with E-state index in [0.717, 1.165) is 12.1 Å². The molecule has 0 fully saturated rings. The molecule has 26 heavy (non-hydrogen) atoms. The number of hydrogen-bond acceptors (Lipinski definition) is 3. The van der Waals surface area contributed by atoms with E-state index in [9.17, 15) is 4.79 Å². The molecule has 6 heteroatoms. The lowest BCUT2D eigenvalue weighted by Crippen LogP contribution is -2.40. The maximum Gasteiger partial charge on any atom is 0.227 e. The number of amides is 1. The molecule has 6 nitrogen and oxygen atoms in total. The smallest absolute Gasteiger partial charge is 0.227 e. The number of aliphatic imine (C=N–C) groups is 1. The van der Waals surface area contributed by atoms with Crippen LogP contribution in [-0.4, -0.2) is 37.0 Å². The molecule has 0 aliphatic carbocycles. The monoisotopic (exact) mass is 353 g/mol. The minimum Gasteiger partial charge on any atom is -0.356 e. The van der Waals surface area contributed by atoms with Crippen LogP contribution in [-0.2, 0) is 4.79 Å². The van der Waals surface area contributed by atoms with Gasteiger partial charge in [0.25, 0.3) is 0 Å². The lowest BCUT2D eigenvalue weighted by molar-refractivity contribution is -0.116. The summed E-state index contributed by atoms with van der Waals surface area (Å²) < 4.78 is 0. The third-order valence-corrected chi connectivity index (χ3v) is 3.99. The van der Waals surface area contributed by atoms with Crippen LogP contribution in [0, 0.1) is 6.92 Å². The Morgan fingerprint density at radius 1 is 1.15 bits per heavy atom. The van der Waals surface area contributed by atoms with Gasteiger partial charge in [0.1, 0.15) is 5.82 Å². The molecule has 0 saturated carbocycles. The van der Waals surface area contributed by atoms with Gasteiger partial charge < -0.3 is 16.0 Å². The van der Waals surface area contributed by atoms with Crippen molar-refractivity contribution in [3.63, 3.8) is 0 Å². The van der Waals surface area contributed by atoms with E-state index in [2.05, 4.69) is 45.0 Å². The standard InChI is InChI=1S/C20H27N5O/c1-15-9-10-18(23-13-15)25-19(26)11-12-22-20(21-3)24-14-16(2)17-7-5-4-6-8-17/h4-10,13,16H,11-12,14H2,1-3H3,(H2,21,22,24)(H,23,25,26). The molecule has 0 radical (unpaired) electrons. The molecule has 2 aromatic rings. The van der Waals surface area contributed by atoms with Gasteiger partial charge in [0.2, 0.25) is 5.91 Å². The van der Waals surface area contributed by atoms with Crippen LogP contribution in [0.3, 0.4) is 0 Å². The zero-order chi connectivity index (χ0) is 18.8. The number of benzene rings is 1. The van der Waals surface area contributed by atoms with Gasteiger partial charge in [-0.05, 0) is 30.0 Å². The summed E-state index contributed by atoms with van der Waals surface area (Å²) in [6.45, 7) is 5.39. The Bertz CT molecular complexity index is 713. The third kappa shape index (κ3) is 6.55. The summed E-state index contributed by atoms with van der Waals surface area (Å²) in [5.41, 5.74) is 2.34. The highest BCUT2D eigenvalue weighted by atomic mass is 16.1. The number of anilines is 1. The van der Waals surface area contributed by atoms with Crippen LogP contribution in [0.25, 0.3) is 0 Å². The van der Waals surface area contributed by atoms with Crippen molar-refractivity contribution in [2.75, 3.05) is 25.5 Å². The van der Waals surface area contributed by atoms with Crippen LogP contribution in [0.2, 0.25) is 0 Å². The van der Waals surface area contributed by atoms with Gasteiger partial charge >= 0.3 is 0 Å². The van der Waals surface area contributed by atoms with Gasteiger partial charge in [-0.3, -0.25) is 9.79 Å². The van der Waals surface area contributed by atoms with Crippen molar-refractivity contribution in [1.29, 1.82) is 0 Å². The average molecular weight is 353 g/mol. The third-order valence-electron chi connectivity index (χ3n) is 3.99. The number of nitrogens with zero attached hydrogens (tertiary/aromatic N) is 2. The summed E-state index contributed by atoms with van der Waals surface area (Å²) >= 11 is 0. The summed E-state index contributed by atoms with van der Waals surface area (Å²) in [7, 11) is 1.72. The summed E-state index contributed by atoms with van der Waals surface area (Å²) in [6.07, 6.45) is 2.07. The Kier molecular flexibility index (Phi) is 7.61. The molecule has 0 aliphatic heterocycles. The van der Waals surface area contributed by atoms with E-state index in [1.807, 2.05) is 31.2 Å². The molecule has 138 valence electrons. The van der Waals surface area contributed by atoms with Crippen LogP contribution in [0.4, 0.5) is 5.82 Å². The summed E-state index contributed by atoms with van der Waals surface area (Å²) in [4.78, 5) is 20.3. The van der Waals surface area contributed by atoms with Gasteiger partial charge in [-0.25, -0.2) is 4.98 Å². The van der Waals surface area contributed by atoms with E-state index < -0.39 is 0 Å². The number of nitrogens with one attached hydrogen (secondary N) is 3. The molecular formula is C20H27N5O. The normalized spacial score (nSPS) is 12.3. The Balaban J connectivity index is 1.69. The van der Waals surface area contributed by atoms with E-state index in [1.165, 1.54) is 5.56 Å². The molecule has 1 amide bonds. The number of pyridine rings is 1. The largest absolute Gasteiger partial charge is 0.356 e. The lowest BCUT2D eigenvalue weighted by Gasteiger charge is -2.16. The van der Waals surface area contributed by atoms with Gasteiger partial charge in [0.05, 0.1) is 0 Å². The van der Waals surface area contributed by atoms with Gasteiger partial charge in [-0.2, -0.15) is 0 Å². The van der Waals surface area contributed by atoms with E-state index in [-0.39, 0.29) is 5.91 Å². The second-order valence-electron chi connectivity index (χ2n) is 6.21. The maximum atomic E-state index is 12.0. The second-order valence-corrected chi connectivity index (χ2v) is 6.21. The first kappa shape index (κ1) is 19.4. The highest BCUT2D eigenvalue weighted by Crippen LogP contribution is 2.12. The SMILES string of the molecule is CN=C(NCCC(=O)Nc1ccc(C)cn1)NCC(C)c1ccccc1. The average Bonchev–Trinajstić information content (AvgIpc) is 2.66. The minimum atomic E-state index is -0.0815. The van der Waals surface area contributed by atoms with Crippen LogP contribution in [0.15, 0.2) is 53.7 Å². The molecule has 0 bridgehead atoms. The number of guanidine groups is 1.